The minimum atomic E-state index is -1.04. The van der Waals surface area contributed by atoms with Crippen LogP contribution in [0, 0.1) is 30.3 Å². The second kappa shape index (κ2) is 6.85. The van der Waals surface area contributed by atoms with E-state index >= 15 is 0 Å². The molecular weight excluding hydrogens is 274 g/mol. The molecule has 0 aliphatic rings. The lowest BCUT2D eigenvalue weighted by molar-refractivity contribution is -0.424. The van der Waals surface area contributed by atoms with Gasteiger partial charge in [-0.25, -0.2) is 0 Å². The summed E-state index contributed by atoms with van der Waals surface area (Å²) in [6.07, 6.45) is 0. The summed E-state index contributed by atoms with van der Waals surface area (Å²) in [5, 5.41) is 31.0. The first-order valence-electron chi connectivity index (χ1n) is 3.96. The van der Waals surface area contributed by atoms with E-state index in [1.807, 2.05) is 0 Å². The Hall–Kier alpha value is -2.62. The lowest BCUT2D eigenvalue weighted by atomic mass is 10.2. The number of rotatable bonds is 3. The molecule has 0 fully saturated rings. The van der Waals surface area contributed by atoms with Gasteiger partial charge in [0.15, 0.2) is 0 Å². The lowest BCUT2D eigenvalue weighted by Crippen LogP contribution is -1.98. The Morgan fingerprint density at radius 1 is 0.944 bits per heavy atom. The molecular formula is C7H4ClN3O7. The van der Waals surface area contributed by atoms with Crippen LogP contribution in [0.2, 0.25) is 0 Å². The Bertz CT molecular complexity index is 504. The van der Waals surface area contributed by atoms with E-state index in [1.54, 1.807) is 0 Å². The number of nitro benzene ring substituents is 3. The maximum absolute atomic E-state index is 10.4. The van der Waals surface area contributed by atoms with Crippen molar-refractivity contribution in [3.8, 4) is 0 Å². The zero-order valence-electron chi connectivity index (χ0n) is 8.39. The number of hydrogen-bond acceptors (Lipinski definition) is 7. The summed E-state index contributed by atoms with van der Waals surface area (Å²) in [5.74, 6) is 0.222. The molecule has 0 bridgehead atoms. The minimum absolute atomic E-state index is 0.222. The third-order valence-electron chi connectivity index (χ3n) is 1.56. The monoisotopic (exact) mass is 277 g/mol. The molecule has 0 radical (unpaired) electrons. The van der Waals surface area contributed by atoms with Crippen molar-refractivity contribution in [2.24, 2.45) is 0 Å². The predicted molar refractivity (Wildman–Crippen MR) is 59.0 cm³/mol. The fourth-order valence-corrected chi connectivity index (χ4v) is 0.926. The largest absolute Gasteiger partial charge is 0.352 e. The summed E-state index contributed by atoms with van der Waals surface area (Å²) < 4.78 is 0. The van der Waals surface area contributed by atoms with E-state index in [2.05, 4.69) is 11.6 Å². The number of nitro groups is 3. The molecule has 0 heterocycles. The van der Waals surface area contributed by atoms with Gasteiger partial charge in [-0.1, -0.05) is 0 Å². The van der Waals surface area contributed by atoms with Crippen molar-refractivity contribution in [1.82, 2.24) is 0 Å². The molecule has 0 aliphatic heterocycles. The molecule has 0 aromatic heterocycles. The highest BCUT2D eigenvalue weighted by Gasteiger charge is 2.27. The summed E-state index contributed by atoms with van der Waals surface area (Å²) in [4.78, 5) is 36.7. The van der Waals surface area contributed by atoms with Gasteiger partial charge < -0.3 is 0 Å². The normalized spacial score (nSPS) is 8.72. The van der Waals surface area contributed by atoms with Crippen LogP contribution in [-0.2, 0) is 4.79 Å². The number of carbonyl (C=O) groups excluding carboxylic acids is 1. The number of hydrogen-bond donors (Lipinski definition) is 0. The van der Waals surface area contributed by atoms with Gasteiger partial charge in [0.2, 0.25) is 5.75 Å². The quantitative estimate of drug-likeness (QED) is 0.354. The van der Waals surface area contributed by atoms with E-state index in [0.717, 1.165) is 12.1 Å². The molecule has 10 nitrogen and oxygen atoms in total. The minimum Gasteiger partial charge on any atom is -0.285 e. The zero-order valence-corrected chi connectivity index (χ0v) is 9.14. The summed E-state index contributed by atoms with van der Waals surface area (Å²) >= 11 is 4.32. The number of carbonyl (C=O) groups is 1. The first-order chi connectivity index (χ1) is 8.34. The molecule has 1 aromatic carbocycles. The first-order valence-corrected chi connectivity index (χ1v) is 4.39. The Labute approximate surface area is 103 Å². The molecule has 0 aliphatic carbocycles. The topological polar surface area (TPSA) is 146 Å². The van der Waals surface area contributed by atoms with Gasteiger partial charge in [0, 0.05) is 12.1 Å². The molecule has 0 spiro atoms. The smallest absolute Gasteiger partial charge is 0.285 e. The van der Waals surface area contributed by atoms with Gasteiger partial charge in [-0.05, 0) is 11.6 Å². The second-order valence-electron chi connectivity index (χ2n) is 2.53. The van der Waals surface area contributed by atoms with Crippen molar-refractivity contribution in [3.63, 3.8) is 0 Å². The Morgan fingerprint density at radius 3 is 1.72 bits per heavy atom. The third kappa shape index (κ3) is 4.09. The van der Waals surface area contributed by atoms with Crippen LogP contribution >= 0.6 is 11.6 Å². The van der Waals surface area contributed by atoms with Gasteiger partial charge in [0.25, 0.3) is 5.69 Å². The predicted octanol–water partition coefficient (Wildman–Crippen LogP) is 1.83. The van der Waals surface area contributed by atoms with Crippen molar-refractivity contribution in [2.75, 3.05) is 0 Å². The van der Waals surface area contributed by atoms with Crippen molar-refractivity contribution in [2.45, 2.75) is 0 Å². The van der Waals surface area contributed by atoms with Crippen LogP contribution < -0.4 is 0 Å². The highest BCUT2D eigenvalue weighted by Crippen LogP contribution is 2.30. The molecule has 0 saturated carbocycles. The molecule has 0 atom stereocenters. The molecule has 11 heteroatoms. The van der Waals surface area contributed by atoms with Crippen LogP contribution in [0.4, 0.5) is 17.1 Å². The molecule has 0 saturated heterocycles. The van der Waals surface area contributed by atoms with E-state index in [1.165, 1.54) is 0 Å². The van der Waals surface area contributed by atoms with Crippen LogP contribution in [0.3, 0.4) is 0 Å². The summed E-state index contributed by atoms with van der Waals surface area (Å²) in [7, 11) is 0. The summed E-state index contributed by atoms with van der Waals surface area (Å²) in [6.45, 7) is 0. The average molecular weight is 278 g/mol. The van der Waals surface area contributed by atoms with E-state index in [0.29, 0.717) is 6.07 Å². The zero-order chi connectivity index (χ0) is 14.3. The Kier molecular flexibility index (Phi) is 5.86. The fraction of sp³-hybridized carbons (Fsp3) is 0. The Balaban J connectivity index is 0.000000873. The molecule has 0 unspecified atom stereocenters. The lowest BCUT2D eigenvalue weighted by Gasteiger charge is -1.94. The fourth-order valence-electron chi connectivity index (χ4n) is 0.926. The summed E-state index contributed by atoms with van der Waals surface area (Å²) in [6, 6.07) is 2.12. The van der Waals surface area contributed by atoms with Crippen LogP contribution in [0.15, 0.2) is 18.2 Å². The third-order valence-corrected chi connectivity index (χ3v) is 1.56. The number of halogens is 1. The van der Waals surface area contributed by atoms with Crippen molar-refractivity contribution < 1.29 is 19.6 Å². The maximum Gasteiger partial charge on any atom is 0.352 e. The SMILES string of the molecule is O=CCl.O=[N+]([O-])c1ccc([N+](=O)[O-])c([N+](=O)[O-])c1. The van der Waals surface area contributed by atoms with Gasteiger partial charge in [0.05, 0.1) is 14.8 Å². The Morgan fingerprint density at radius 2 is 1.39 bits per heavy atom. The van der Waals surface area contributed by atoms with Gasteiger partial charge in [-0.15, -0.1) is 0 Å². The second-order valence-corrected chi connectivity index (χ2v) is 2.71. The van der Waals surface area contributed by atoms with Crippen LogP contribution in [0.25, 0.3) is 0 Å². The molecule has 1 rings (SSSR count). The number of non-ortho nitro benzene ring substituents is 1. The highest BCUT2D eigenvalue weighted by molar-refractivity contribution is 6.54. The van der Waals surface area contributed by atoms with Gasteiger partial charge in [0.1, 0.15) is 6.07 Å². The van der Waals surface area contributed by atoms with Crippen molar-refractivity contribution in [3.05, 3.63) is 48.5 Å². The van der Waals surface area contributed by atoms with Crippen molar-refractivity contribution in [1.29, 1.82) is 0 Å². The molecule has 1 aromatic rings. The van der Waals surface area contributed by atoms with Gasteiger partial charge >= 0.3 is 11.4 Å². The van der Waals surface area contributed by atoms with E-state index in [9.17, 15) is 30.3 Å². The van der Waals surface area contributed by atoms with Crippen molar-refractivity contribution >= 4 is 34.4 Å². The van der Waals surface area contributed by atoms with Crippen LogP contribution in [-0.4, -0.2) is 20.5 Å². The van der Waals surface area contributed by atoms with E-state index in [-0.39, 0.29) is 5.75 Å². The molecule has 18 heavy (non-hydrogen) atoms. The van der Waals surface area contributed by atoms with Crippen LogP contribution in [0.1, 0.15) is 0 Å². The number of benzene rings is 1. The molecule has 0 N–H and O–H groups in total. The van der Waals surface area contributed by atoms with Gasteiger partial charge in [-0.2, -0.15) is 0 Å². The highest BCUT2D eigenvalue weighted by atomic mass is 35.5. The van der Waals surface area contributed by atoms with Gasteiger partial charge in [-0.3, -0.25) is 35.1 Å². The molecule has 96 valence electrons. The first kappa shape index (κ1) is 15.4. The van der Waals surface area contributed by atoms with E-state index in [4.69, 9.17) is 4.79 Å². The standard InChI is InChI=1S/C6H3N3O6.CHClO/c10-7(11)4-1-2-5(8(12)13)6(3-4)9(14)15;2-1-3/h1-3H;1H. The average Bonchev–Trinajstić information content (AvgIpc) is 2.28. The summed E-state index contributed by atoms with van der Waals surface area (Å²) in [5.41, 5.74) is -2.23. The van der Waals surface area contributed by atoms with E-state index < -0.39 is 31.8 Å². The maximum atomic E-state index is 10.4. The molecule has 0 amide bonds. The van der Waals surface area contributed by atoms with Crippen LogP contribution in [0.5, 0.6) is 0 Å². The number of nitrogens with zero attached hydrogens (tertiary/aromatic N) is 3.